The summed E-state index contributed by atoms with van der Waals surface area (Å²) in [5, 5.41) is 7.72. The molecule has 0 saturated carbocycles. The lowest BCUT2D eigenvalue weighted by atomic mass is 10.2. The Hall–Kier alpha value is -2.43. The Morgan fingerprint density at radius 2 is 1.89 bits per heavy atom. The Morgan fingerprint density at radius 1 is 1.16 bits per heavy atom. The smallest absolute Gasteiger partial charge is 0.278 e. The molecule has 0 aliphatic heterocycles. The first-order chi connectivity index (χ1) is 9.22. The van der Waals surface area contributed by atoms with E-state index in [0.29, 0.717) is 12.5 Å². The van der Waals surface area contributed by atoms with Crippen LogP contribution >= 0.6 is 0 Å². The number of aromatic nitrogens is 2. The molecule has 0 saturated heterocycles. The largest absolute Gasteiger partial charge is 0.477 e. The lowest BCUT2D eigenvalue weighted by Gasteiger charge is -2.16. The quantitative estimate of drug-likeness (QED) is 0.842. The number of anilines is 1. The van der Waals surface area contributed by atoms with Crippen LogP contribution in [0, 0.1) is 0 Å². The van der Waals surface area contributed by atoms with Crippen LogP contribution in [0.5, 0.6) is 5.88 Å². The maximum absolute atomic E-state index is 12.2. The SMILES string of the molecule is CCOc1ccc(C(=O)N(C)c2ccccc2)nn1. The van der Waals surface area contributed by atoms with Crippen molar-refractivity contribution in [3.63, 3.8) is 0 Å². The summed E-state index contributed by atoms with van der Waals surface area (Å²) in [6.07, 6.45) is 0. The zero-order chi connectivity index (χ0) is 13.7. The zero-order valence-corrected chi connectivity index (χ0v) is 10.9. The molecule has 1 heterocycles. The monoisotopic (exact) mass is 257 g/mol. The molecule has 2 aromatic rings. The lowest BCUT2D eigenvalue weighted by Crippen LogP contribution is -2.27. The molecule has 19 heavy (non-hydrogen) atoms. The number of amides is 1. The number of rotatable bonds is 4. The van der Waals surface area contributed by atoms with E-state index in [1.165, 1.54) is 4.90 Å². The van der Waals surface area contributed by atoms with Crippen LogP contribution in [0.2, 0.25) is 0 Å². The summed E-state index contributed by atoms with van der Waals surface area (Å²) in [6, 6.07) is 12.6. The normalized spacial score (nSPS) is 10.0. The van der Waals surface area contributed by atoms with E-state index < -0.39 is 0 Å². The van der Waals surface area contributed by atoms with Crippen molar-refractivity contribution in [2.75, 3.05) is 18.6 Å². The van der Waals surface area contributed by atoms with Crippen molar-refractivity contribution in [3.05, 3.63) is 48.2 Å². The molecule has 5 nitrogen and oxygen atoms in total. The van der Waals surface area contributed by atoms with Gasteiger partial charge >= 0.3 is 0 Å². The number of benzene rings is 1. The highest BCUT2D eigenvalue weighted by Crippen LogP contribution is 2.14. The van der Waals surface area contributed by atoms with E-state index in [1.54, 1.807) is 19.2 Å². The second-order valence-electron chi connectivity index (χ2n) is 3.89. The first-order valence-corrected chi connectivity index (χ1v) is 6.02. The minimum atomic E-state index is -0.207. The van der Waals surface area contributed by atoms with Crippen molar-refractivity contribution in [3.8, 4) is 5.88 Å². The third-order valence-electron chi connectivity index (χ3n) is 2.60. The molecule has 1 amide bonds. The Balaban J connectivity index is 2.15. The predicted octanol–water partition coefficient (Wildman–Crippen LogP) is 2.15. The lowest BCUT2D eigenvalue weighted by molar-refractivity contribution is 0.0987. The summed E-state index contributed by atoms with van der Waals surface area (Å²) in [7, 11) is 1.70. The number of hydrogen-bond acceptors (Lipinski definition) is 4. The minimum Gasteiger partial charge on any atom is -0.477 e. The molecule has 5 heteroatoms. The Bertz CT molecular complexity index is 540. The van der Waals surface area contributed by atoms with Crippen molar-refractivity contribution in [2.24, 2.45) is 0 Å². The second-order valence-corrected chi connectivity index (χ2v) is 3.89. The van der Waals surface area contributed by atoms with Gasteiger partial charge in [0.15, 0.2) is 5.69 Å². The Labute approximate surface area is 111 Å². The van der Waals surface area contributed by atoms with Crippen molar-refractivity contribution in [2.45, 2.75) is 6.92 Å². The van der Waals surface area contributed by atoms with Crippen LogP contribution in [0.3, 0.4) is 0 Å². The van der Waals surface area contributed by atoms with E-state index >= 15 is 0 Å². The van der Waals surface area contributed by atoms with Gasteiger partial charge < -0.3 is 9.64 Å². The molecule has 0 bridgehead atoms. The topological polar surface area (TPSA) is 55.3 Å². The fourth-order valence-electron chi connectivity index (χ4n) is 1.60. The van der Waals surface area contributed by atoms with Crippen LogP contribution in [-0.4, -0.2) is 29.8 Å². The van der Waals surface area contributed by atoms with Crippen LogP contribution in [-0.2, 0) is 0 Å². The third-order valence-corrected chi connectivity index (χ3v) is 2.60. The summed E-state index contributed by atoms with van der Waals surface area (Å²) >= 11 is 0. The van der Waals surface area contributed by atoms with Crippen molar-refractivity contribution in [1.82, 2.24) is 10.2 Å². The fourth-order valence-corrected chi connectivity index (χ4v) is 1.60. The van der Waals surface area contributed by atoms with E-state index in [4.69, 9.17) is 4.74 Å². The van der Waals surface area contributed by atoms with Gasteiger partial charge in [0.2, 0.25) is 5.88 Å². The van der Waals surface area contributed by atoms with Gasteiger partial charge in [-0.25, -0.2) is 0 Å². The molecule has 0 aliphatic carbocycles. The molecule has 0 fully saturated rings. The first-order valence-electron chi connectivity index (χ1n) is 6.02. The predicted molar refractivity (Wildman–Crippen MR) is 72.4 cm³/mol. The molecule has 98 valence electrons. The molecule has 0 radical (unpaired) electrons. The van der Waals surface area contributed by atoms with Gasteiger partial charge in [-0.15, -0.1) is 10.2 Å². The molecule has 0 spiro atoms. The van der Waals surface area contributed by atoms with Gasteiger partial charge in [0.1, 0.15) is 0 Å². The second kappa shape index (κ2) is 5.95. The third kappa shape index (κ3) is 3.07. The molecular formula is C14H15N3O2. The molecular weight excluding hydrogens is 242 g/mol. The van der Waals surface area contributed by atoms with Crippen molar-refractivity contribution in [1.29, 1.82) is 0 Å². The fraction of sp³-hybridized carbons (Fsp3) is 0.214. The molecule has 0 atom stereocenters. The van der Waals surface area contributed by atoms with E-state index in [-0.39, 0.29) is 11.6 Å². The molecule has 1 aromatic carbocycles. The number of carbonyl (C=O) groups excluding carboxylic acids is 1. The molecule has 0 aliphatic rings. The van der Waals surface area contributed by atoms with Gasteiger partial charge in [-0.3, -0.25) is 4.79 Å². The number of nitrogens with zero attached hydrogens (tertiary/aromatic N) is 3. The van der Waals surface area contributed by atoms with E-state index in [2.05, 4.69) is 10.2 Å². The Kier molecular flexibility index (Phi) is 4.07. The summed E-state index contributed by atoms with van der Waals surface area (Å²) in [5.41, 5.74) is 1.10. The molecule has 0 unspecified atom stereocenters. The van der Waals surface area contributed by atoms with Gasteiger partial charge in [-0.1, -0.05) is 18.2 Å². The van der Waals surface area contributed by atoms with Gasteiger partial charge in [-0.05, 0) is 25.1 Å². The van der Waals surface area contributed by atoms with E-state index in [9.17, 15) is 4.79 Å². The average molecular weight is 257 g/mol. The maximum Gasteiger partial charge on any atom is 0.278 e. The highest BCUT2D eigenvalue weighted by Gasteiger charge is 2.15. The van der Waals surface area contributed by atoms with Gasteiger partial charge in [-0.2, -0.15) is 0 Å². The molecule has 0 N–H and O–H groups in total. The van der Waals surface area contributed by atoms with Crippen LogP contribution in [0.25, 0.3) is 0 Å². The number of carbonyl (C=O) groups is 1. The van der Waals surface area contributed by atoms with Crippen LogP contribution in [0.4, 0.5) is 5.69 Å². The van der Waals surface area contributed by atoms with Gasteiger partial charge in [0.05, 0.1) is 6.61 Å². The van der Waals surface area contributed by atoms with Crippen LogP contribution in [0.1, 0.15) is 17.4 Å². The van der Waals surface area contributed by atoms with Crippen molar-refractivity contribution < 1.29 is 9.53 Å². The van der Waals surface area contributed by atoms with E-state index in [1.807, 2.05) is 37.3 Å². The van der Waals surface area contributed by atoms with Gasteiger partial charge in [0.25, 0.3) is 5.91 Å². The van der Waals surface area contributed by atoms with E-state index in [0.717, 1.165) is 5.69 Å². The summed E-state index contributed by atoms with van der Waals surface area (Å²) in [5.74, 6) is 0.211. The number of ether oxygens (including phenoxy) is 1. The standard InChI is InChI=1S/C14H15N3O2/c1-3-19-13-10-9-12(15-16-13)14(18)17(2)11-7-5-4-6-8-11/h4-10H,3H2,1-2H3. The highest BCUT2D eigenvalue weighted by atomic mass is 16.5. The summed E-state index contributed by atoms with van der Waals surface area (Å²) in [6.45, 7) is 2.38. The first kappa shape index (κ1) is 13.0. The van der Waals surface area contributed by atoms with Crippen LogP contribution < -0.4 is 9.64 Å². The summed E-state index contributed by atoms with van der Waals surface area (Å²) in [4.78, 5) is 13.7. The van der Waals surface area contributed by atoms with Crippen molar-refractivity contribution >= 4 is 11.6 Å². The average Bonchev–Trinajstić information content (AvgIpc) is 2.48. The number of hydrogen-bond donors (Lipinski definition) is 0. The minimum absolute atomic E-state index is 0.207. The molecule has 1 aromatic heterocycles. The molecule has 2 rings (SSSR count). The number of para-hydroxylation sites is 1. The van der Waals surface area contributed by atoms with Crippen LogP contribution in [0.15, 0.2) is 42.5 Å². The summed E-state index contributed by atoms with van der Waals surface area (Å²) < 4.78 is 5.19. The maximum atomic E-state index is 12.2. The zero-order valence-electron chi connectivity index (χ0n) is 10.9. The highest BCUT2D eigenvalue weighted by molar-refractivity contribution is 6.04. The Morgan fingerprint density at radius 3 is 2.47 bits per heavy atom. The van der Waals surface area contributed by atoms with Gasteiger partial charge in [0, 0.05) is 18.8 Å².